The summed E-state index contributed by atoms with van der Waals surface area (Å²) >= 11 is 5.56. The van der Waals surface area contributed by atoms with E-state index in [9.17, 15) is 9.18 Å². The lowest BCUT2D eigenvalue weighted by Crippen LogP contribution is -2.15. The van der Waals surface area contributed by atoms with Crippen molar-refractivity contribution in [3.05, 3.63) is 88.1 Å². The van der Waals surface area contributed by atoms with Crippen LogP contribution in [0.25, 0.3) is 5.69 Å². The van der Waals surface area contributed by atoms with Crippen LogP contribution in [0, 0.1) is 5.82 Å². The molecule has 6 heteroatoms. The highest BCUT2D eigenvalue weighted by molar-refractivity contribution is 6.30. The fourth-order valence-electron chi connectivity index (χ4n) is 1.77. The van der Waals surface area contributed by atoms with Gasteiger partial charge >= 0.3 is 0 Å². The summed E-state index contributed by atoms with van der Waals surface area (Å²) in [7, 11) is 0. The lowest BCUT2D eigenvalue weighted by molar-refractivity contribution is 0.631. The van der Waals surface area contributed by atoms with E-state index in [-0.39, 0.29) is 11.2 Å². The van der Waals surface area contributed by atoms with E-state index in [0.29, 0.717) is 5.69 Å². The molecule has 0 fully saturated rings. The molecule has 0 amide bonds. The molecule has 2 aromatic carbocycles. The number of aromatic nitrogens is 1. The second kappa shape index (κ2) is 7.47. The van der Waals surface area contributed by atoms with Gasteiger partial charge < -0.3 is 11.5 Å². The Bertz CT molecular complexity index is 826. The molecule has 1 aromatic heterocycles. The molecule has 3 aromatic rings. The summed E-state index contributed by atoms with van der Waals surface area (Å²) in [5.74, 6) is -0.525. The van der Waals surface area contributed by atoms with E-state index < -0.39 is 5.82 Å². The number of pyridine rings is 1. The molecule has 118 valence electrons. The first-order valence-electron chi connectivity index (χ1n) is 6.71. The summed E-state index contributed by atoms with van der Waals surface area (Å²) in [5, 5.41) is 0.721. The van der Waals surface area contributed by atoms with Gasteiger partial charge in [-0.2, -0.15) is 0 Å². The van der Waals surface area contributed by atoms with Gasteiger partial charge in [0.1, 0.15) is 5.82 Å². The lowest BCUT2D eigenvalue weighted by Gasteiger charge is -2.05. The van der Waals surface area contributed by atoms with Gasteiger partial charge in [-0.05, 0) is 42.5 Å². The Labute approximate surface area is 137 Å². The van der Waals surface area contributed by atoms with Crippen molar-refractivity contribution in [1.29, 1.82) is 0 Å². The molecule has 0 bridgehead atoms. The highest BCUT2D eigenvalue weighted by atomic mass is 35.5. The topological polar surface area (TPSA) is 74.0 Å². The Kier molecular flexibility index (Phi) is 5.38. The largest absolute Gasteiger partial charge is 0.399 e. The molecule has 3 rings (SSSR count). The van der Waals surface area contributed by atoms with Crippen LogP contribution in [0.5, 0.6) is 0 Å². The van der Waals surface area contributed by atoms with Crippen molar-refractivity contribution >= 4 is 23.0 Å². The number of rotatable bonds is 1. The van der Waals surface area contributed by atoms with Crippen LogP contribution < -0.4 is 17.0 Å². The van der Waals surface area contributed by atoms with E-state index in [0.717, 1.165) is 10.7 Å². The fraction of sp³-hybridized carbons (Fsp3) is 0. The van der Waals surface area contributed by atoms with Crippen molar-refractivity contribution in [2.24, 2.45) is 0 Å². The van der Waals surface area contributed by atoms with Crippen LogP contribution in [0.3, 0.4) is 0 Å². The predicted molar refractivity (Wildman–Crippen MR) is 92.3 cm³/mol. The molecule has 0 spiro atoms. The van der Waals surface area contributed by atoms with E-state index in [1.807, 2.05) is 0 Å². The van der Waals surface area contributed by atoms with Gasteiger partial charge in [-0.25, -0.2) is 4.39 Å². The van der Waals surface area contributed by atoms with Gasteiger partial charge in [0.2, 0.25) is 0 Å². The van der Waals surface area contributed by atoms with E-state index in [1.54, 1.807) is 48.7 Å². The Balaban J connectivity index is 0.000000203. The molecule has 0 unspecified atom stereocenters. The average molecular weight is 332 g/mol. The Hall–Kier alpha value is -2.79. The van der Waals surface area contributed by atoms with Crippen LogP contribution in [0.1, 0.15) is 0 Å². The highest BCUT2D eigenvalue weighted by Gasteiger charge is 2.02. The van der Waals surface area contributed by atoms with E-state index >= 15 is 0 Å². The number of hydrogen-bond donors (Lipinski definition) is 2. The number of benzene rings is 2. The first-order chi connectivity index (χ1) is 11.0. The lowest BCUT2D eigenvalue weighted by atomic mass is 10.2. The van der Waals surface area contributed by atoms with Gasteiger partial charge in [0, 0.05) is 29.0 Å². The van der Waals surface area contributed by atoms with Gasteiger partial charge in [0.25, 0.3) is 5.56 Å². The van der Waals surface area contributed by atoms with Crippen molar-refractivity contribution in [2.45, 2.75) is 0 Å². The van der Waals surface area contributed by atoms with E-state index in [2.05, 4.69) is 0 Å². The molecular weight excluding hydrogens is 317 g/mol. The normalized spacial score (nSPS) is 9.83. The summed E-state index contributed by atoms with van der Waals surface area (Å²) in [6, 6.07) is 16.1. The molecule has 0 atom stereocenters. The molecule has 0 aliphatic rings. The monoisotopic (exact) mass is 331 g/mol. The minimum atomic E-state index is -0.525. The van der Waals surface area contributed by atoms with Crippen molar-refractivity contribution in [2.75, 3.05) is 11.5 Å². The number of nitrogens with two attached hydrogens (primary N) is 2. The van der Waals surface area contributed by atoms with Crippen LogP contribution in [0.2, 0.25) is 5.02 Å². The SMILES string of the molecule is Nc1ccc(-n2ccccc2=O)cc1F.Nc1ccc(Cl)cc1. The second-order valence-electron chi connectivity index (χ2n) is 4.67. The first kappa shape index (κ1) is 16.6. The smallest absolute Gasteiger partial charge is 0.255 e. The molecule has 23 heavy (non-hydrogen) atoms. The van der Waals surface area contributed by atoms with Crippen molar-refractivity contribution in [3.8, 4) is 5.69 Å². The van der Waals surface area contributed by atoms with Gasteiger partial charge in [0.15, 0.2) is 0 Å². The summed E-state index contributed by atoms with van der Waals surface area (Å²) in [4.78, 5) is 11.4. The van der Waals surface area contributed by atoms with Gasteiger partial charge in [0.05, 0.1) is 11.4 Å². The van der Waals surface area contributed by atoms with Crippen molar-refractivity contribution in [3.63, 3.8) is 0 Å². The molecule has 4 N–H and O–H groups in total. The van der Waals surface area contributed by atoms with Crippen LogP contribution in [0.15, 0.2) is 71.7 Å². The zero-order valence-corrected chi connectivity index (χ0v) is 12.9. The third kappa shape index (κ3) is 4.59. The number of nitrogens with zero attached hydrogens (tertiary/aromatic N) is 1. The summed E-state index contributed by atoms with van der Waals surface area (Å²) < 4.78 is 14.5. The van der Waals surface area contributed by atoms with Crippen molar-refractivity contribution in [1.82, 2.24) is 4.57 Å². The van der Waals surface area contributed by atoms with E-state index in [1.165, 1.54) is 22.8 Å². The van der Waals surface area contributed by atoms with Crippen LogP contribution in [-0.4, -0.2) is 4.57 Å². The van der Waals surface area contributed by atoms with Crippen LogP contribution >= 0.6 is 11.6 Å². The Morgan fingerprint density at radius 3 is 2.22 bits per heavy atom. The maximum absolute atomic E-state index is 13.2. The number of anilines is 2. The summed E-state index contributed by atoms with van der Waals surface area (Å²) in [6.45, 7) is 0. The maximum atomic E-state index is 13.2. The standard InChI is InChI=1S/C11H9FN2O.C6H6ClN/c12-9-7-8(4-5-10(9)13)14-6-2-1-3-11(14)15;7-5-1-3-6(8)4-2-5/h1-7H,13H2;1-4H,8H2. The highest BCUT2D eigenvalue weighted by Crippen LogP contribution is 2.14. The first-order valence-corrected chi connectivity index (χ1v) is 7.09. The molecule has 0 aliphatic carbocycles. The Morgan fingerprint density at radius 1 is 0.957 bits per heavy atom. The molecule has 0 radical (unpaired) electrons. The summed E-state index contributed by atoms with van der Waals surface area (Å²) in [5.41, 5.74) is 11.8. The van der Waals surface area contributed by atoms with Crippen LogP contribution in [0.4, 0.5) is 15.8 Å². The minimum Gasteiger partial charge on any atom is -0.399 e. The third-order valence-electron chi connectivity index (χ3n) is 2.95. The van der Waals surface area contributed by atoms with Gasteiger partial charge in [-0.3, -0.25) is 9.36 Å². The zero-order valence-electron chi connectivity index (χ0n) is 12.1. The quantitative estimate of drug-likeness (QED) is 0.670. The fourth-order valence-corrected chi connectivity index (χ4v) is 1.90. The van der Waals surface area contributed by atoms with Gasteiger partial charge in [-0.1, -0.05) is 17.7 Å². The average Bonchev–Trinajstić information content (AvgIpc) is 2.54. The van der Waals surface area contributed by atoms with Crippen LogP contribution in [-0.2, 0) is 0 Å². The molecule has 4 nitrogen and oxygen atoms in total. The number of hydrogen-bond acceptors (Lipinski definition) is 3. The maximum Gasteiger partial charge on any atom is 0.255 e. The van der Waals surface area contributed by atoms with Crippen molar-refractivity contribution < 1.29 is 4.39 Å². The second-order valence-corrected chi connectivity index (χ2v) is 5.10. The number of nitrogen functional groups attached to an aromatic ring is 2. The molecular formula is C17H15ClFN3O. The minimum absolute atomic E-state index is 0.0720. The third-order valence-corrected chi connectivity index (χ3v) is 3.21. The Morgan fingerprint density at radius 2 is 1.65 bits per heavy atom. The molecule has 0 aliphatic heterocycles. The molecule has 1 heterocycles. The molecule has 0 saturated heterocycles. The predicted octanol–water partition coefficient (Wildman–Crippen LogP) is 3.48. The van der Waals surface area contributed by atoms with Gasteiger partial charge in [-0.15, -0.1) is 0 Å². The number of halogens is 2. The summed E-state index contributed by atoms with van der Waals surface area (Å²) in [6.07, 6.45) is 1.58. The zero-order chi connectivity index (χ0) is 16.8. The van der Waals surface area contributed by atoms with E-state index in [4.69, 9.17) is 23.1 Å². The molecule has 0 saturated carbocycles.